The fourth-order valence-electron chi connectivity index (χ4n) is 7.69. The van der Waals surface area contributed by atoms with Gasteiger partial charge in [-0.1, -0.05) is 141 Å². The third-order valence-corrected chi connectivity index (χ3v) is 16.9. The number of benzene rings is 3. The third-order valence-electron chi connectivity index (χ3n) is 10.5. The van der Waals surface area contributed by atoms with Crippen LogP contribution >= 0.6 is 34.8 Å². The summed E-state index contributed by atoms with van der Waals surface area (Å²) in [5.41, 5.74) is 0.596. The Morgan fingerprint density at radius 3 is 1.81 bits per heavy atom. The average Bonchev–Trinajstić information content (AvgIpc) is 3.12. The zero-order valence-corrected chi connectivity index (χ0v) is 37.6. The Bertz CT molecular complexity index is 1880. The molecule has 0 N–H and O–H groups in total. The van der Waals surface area contributed by atoms with Gasteiger partial charge >= 0.3 is 18.2 Å². The van der Waals surface area contributed by atoms with Gasteiger partial charge in [0, 0.05) is 19.7 Å². The smallest absolute Gasteiger partial charge is 0.411 e. The van der Waals surface area contributed by atoms with Crippen LogP contribution < -0.4 is 10.4 Å². The summed E-state index contributed by atoms with van der Waals surface area (Å²) < 4.78 is 22.3. The molecule has 13 heteroatoms. The molecule has 2 amide bonds. The Morgan fingerprint density at radius 2 is 1.32 bits per heavy atom. The van der Waals surface area contributed by atoms with Crippen molar-refractivity contribution in [3.63, 3.8) is 0 Å². The first kappa shape index (κ1) is 44.6. The van der Waals surface area contributed by atoms with E-state index in [1.165, 1.54) is 34.0 Å². The summed E-state index contributed by atoms with van der Waals surface area (Å²) in [5.74, 6) is -0.594. The molecule has 0 radical (unpaired) electrons. The molecule has 1 fully saturated rings. The monoisotopic (exact) mass is 856 g/mol. The van der Waals surface area contributed by atoms with Crippen molar-refractivity contribution in [3.05, 3.63) is 102 Å². The Morgan fingerprint density at radius 1 is 0.754 bits per heavy atom. The molecule has 1 saturated heterocycles. The second kappa shape index (κ2) is 17.4. The van der Waals surface area contributed by atoms with Crippen LogP contribution in [0.3, 0.4) is 0 Å². The van der Waals surface area contributed by atoms with E-state index < -0.39 is 53.6 Å². The van der Waals surface area contributed by atoms with Crippen molar-refractivity contribution in [2.24, 2.45) is 0 Å². The maximum Gasteiger partial charge on any atom is 0.411 e. The molecular weight excluding hydrogens is 803 g/mol. The molecule has 0 aliphatic carbocycles. The molecule has 57 heavy (non-hydrogen) atoms. The lowest BCUT2D eigenvalue weighted by Crippen LogP contribution is -2.66. The largest absolute Gasteiger partial charge is 0.463 e. The SMILES string of the molecule is CCOC(=O)C1=C(c2ccc(CCO[Si](c3ccccc3)(c3ccccc3)C(C)(C)C)cc2)C[C@@H]2CN(C(=O)OC(C)(C)C)C[C@H]1N2C(=O)OC(C)(C)C(Cl)(Cl)Cl. The maximum absolute atomic E-state index is 14.0. The first-order chi connectivity index (χ1) is 26.6. The molecule has 2 atom stereocenters. The van der Waals surface area contributed by atoms with Crippen LogP contribution in [0.25, 0.3) is 5.57 Å². The zero-order chi connectivity index (χ0) is 42.0. The number of fused-ring (bicyclic) bond motifs is 2. The minimum absolute atomic E-state index is 0.0377. The summed E-state index contributed by atoms with van der Waals surface area (Å²) in [6.07, 6.45) is -0.432. The molecule has 0 aromatic heterocycles. The van der Waals surface area contributed by atoms with Gasteiger partial charge in [0.15, 0.2) is 5.60 Å². The van der Waals surface area contributed by atoms with Gasteiger partial charge < -0.3 is 23.5 Å². The predicted molar refractivity (Wildman–Crippen MR) is 230 cm³/mol. The van der Waals surface area contributed by atoms with E-state index in [-0.39, 0.29) is 36.7 Å². The Balaban J connectivity index is 1.48. The number of ether oxygens (including phenoxy) is 3. The van der Waals surface area contributed by atoms with Crippen LogP contribution in [0.4, 0.5) is 9.59 Å². The Hall–Kier alpha value is -3.54. The Kier molecular flexibility index (Phi) is 13.6. The lowest BCUT2D eigenvalue weighted by molar-refractivity contribution is -0.140. The summed E-state index contributed by atoms with van der Waals surface area (Å²) in [7, 11) is -2.71. The van der Waals surface area contributed by atoms with Crippen molar-refractivity contribution < 1.29 is 33.0 Å². The molecule has 2 aliphatic rings. The van der Waals surface area contributed by atoms with Crippen LogP contribution in [0.1, 0.15) is 79.9 Å². The molecule has 9 nitrogen and oxygen atoms in total. The fourth-order valence-corrected chi connectivity index (χ4v) is 12.4. The number of rotatable bonds is 10. The number of alkyl halides is 3. The van der Waals surface area contributed by atoms with Crippen molar-refractivity contribution >= 4 is 77.2 Å². The van der Waals surface area contributed by atoms with E-state index in [1.807, 2.05) is 36.4 Å². The van der Waals surface area contributed by atoms with Crippen molar-refractivity contribution in [1.82, 2.24) is 9.80 Å². The molecule has 3 aromatic carbocycles. The van der Waals surface area contributed by atoms with Gasteiger partial charge in [-0.05, 0) is 86.5 Å². The first-order valence-corrected chi connectivity index (χ1v) is 22.4. The summed E-state index contributed by atoms with van der Waals surface area (Å²) in [6.45, 7) is 17.6. The normalized spacial score (nSPS) is 18.0. The van der Waals surface area contributed by atoms with Crippen LogP contribution in [-0.2, 0) is 29.9 Å². The van der Waals surface area contributed by atoms with Crippen LogP contribution in [0.2, 0.25) is 5.04 Å². The lowest BCUT2D eigenvalue weighted by Gasteiger charge is -2.50. The van der Waals surface area contributed by atoms with E-state index >= 15 is 0 Å². The van der Waals surface area contributed by atoms with Crippen molar-refractivity contribution in [2.45, 2.75) is 107 Å². The molecule has 0 saturated carbocycles. The van der Waals surface area contributed by atoms with E-state index in [0.29, 0.717) is 13.0 Å². The highest BCUT2D eigenvalue weighted by Crippen LogP contribution is 2.44. The second-order valence-electron chi connectivity index (χ2n) is 17.1. The minimum atomic E-state index is -2.71. The molecule has 2 bridgehead atoms. The van der Waals surface area contributed by atoms with Gasteiger partial charge in [0.2, 0.25) is 3.79 Å². The summed E-state index contributed by atoms with van der Waals surface area (Å²) >= 11 is 18.6. The molecule has 0 spiro atoms. The molecule has 0 unspecified atom stereocenters. The van der Waals surface area contributed by atoms with Gasteiger partial charge in [0.1, 0.15) is 5.60 Å². The Labute approximate surface area is 353 Å². The van der Waals surface area contributed by atoms with Gasteiger partial charge in [-0.2, -0.15) is 0 Å². The van der Waals surface area contributed by atoms with Crippen LogP contribution in [0.15, 0.2) is 90.5 Å². The van der Waals surface area contributed by atoms with Crippen LogP contribution in [0, 0.1) is 0 Å². The fraction of sp³-hybridized carbons (Fsp3) is 0.477. The highest BCUT2D eigenvalue weighted by atomic mass is 35.6. The molecule has 2 heterocycles. The number of piperazine rings is 1. The third kappa shape index (κ3) is 9.85. The zero-order valence-electron chi connectivity index (χ0n) is 34.4. The van der Waals surface area contributed by atoms with Gasteiger partial charge in [-0.25, -0.2) is 14.4 Å². The van der Waals surface area contributed by atoms with E-state index in [4.69, 9.17) is 53.4 Å². The lowest BCUT2D eigenvalue weighted by atomic mass is 9.82. The summed E-state index contributed by atoms with van der Waals surface area (Å²) in [6, 6.07) is 27.7. The van der Waals surface area contributed by atoms with Crippen molar-refractivity contribution in [1.29, 1.82) is 0 Å². The molecule has 5 rings (SSSR count). The minimum Gasteiger partial charge on any atom is -0.463 e. The number of halogens is 3. The van der Waals surface area contributed by atoms with E-state index in [9.17, 15) is 14.4 Å². The molecule has 308 valence electrons. The topological polar surface area (TPSA) is 94.6 Å². The van der Waals surface area contributed by atoms with E-state index in [1.54, 1.807) is 27.7 Å². The van der Waals surface area contributed by atoms with Gasteiger partial charge in [-0.3, -0.25) is 4.90 Å². The number of hydrogen-bond donors (Lipinski definition) is 0. The quantitative estimate of drug-likeness (QED) is 0.0870. The van der Waals surface area contributed by atoms with Crippen molar-refractivity contribution in [3.8, 4) is 0 Å². The number of esters is 1. The molecule has 2 aliphatic heterocycles. The number of amides is 2. The highest BCUT2D eigenvalue weighted by Gasteiger charge is 2.53. The average molecular weight is 858 g/mol. The van der Waals surface area contributed by atoms with Crippen molar-refractivity contribution in [2.75, 3.05) is 26.3 Å². The maximum atomic E-state index is 14.0. The molecular formula is C44H55Cl3N2O7Si. The predicted octanol–water partition coefficient (Wildman–Crippen LogP) is 9.10. The van der Waals surface area contributed by atoms with Crippen LogP contribution in [0.5, 0.6) is 0 Å². The first-order valence-electron chi connectivity index (χ1n) is 19.4. The van der Waals surface area contributed by atoms with Gasteiger partial charge in [-0.15, -0.1) is 0 Å². The standard InChI is InChI=1S/C44H55Cl3N2O7Si/c1-10-53-38(50)37-35(27-32-28-48(39(51)55-41(2,3)4)29-36(37)49(32)40(52)56-43(8,9)44(45,46)47)31-23-21-30(22-24-31)25-26-54-57(42(5,6)7,33-17-13-11-14-18-33)34-19-15-12-16-20-34/h11-24,32,36H,10,25-29H2,1-9H3/t32-,36-/m1/s1. The summed E-state index contributed by atoms with van der Waals surface area (Å²) in [4.78, 5) is 44.4. The summed E-state index contributed by atoms with van der Waals surface area (Å²) in [5, 5.41) is 2.30. The highest BCUT2D eigenvalue weighted by molar-refractivity contribution is 6.99. The van der Waals surface area contributed by atoms with Gasteiger partial charge in [0.25, 0.3) is 8.32 Å². The van der Waals surface area contributed by atoms with E-state index in [0.717, 1.165) is 16.7 Å². The molecule has 3 aromatic rings. The number of hydrogen-bond acceptors (Lipinski definition) is 7. The van der Waals surface area contributed by atoms with E-state index in [2.05, 4.69) is 69.3 Å². The number of nitrogens with zero attached hydrogens (tertiary/aromatic N) is 2. The van der Waals surface area contributed by atoms with Crippen LogP contribution in [-0.4, -0.2) is 89.7 Å². The number of carbonyl (C=O) groups is 3. The van der Waals surface area contributed by atoms with Gasteiger partial charge in [0.05, 0.1) is 24.3 Å². The second-order valence-corrected chi connectivity index (χ2v) is 23.7. The number of carbonyl (C=O) groups excluding carboxylic acids is 3.